The molecule has 2 aliphatic heterocycles. The number of anilines is 1. The zero-order chi connectivity index (χ0) is 13.0. The van der Waals surface area contributed by atoms with Gasteiger partial charge in [0.15, 0.2) is 5.78 Å². The minimum absolute atomic E-state index is 0.0817. The summed E-state index contributed by atoms with van der Waals surface area (Å²) >= 11 is 0. The molecule has 1 aromatic carbocycles. The highest BCUT2D eigenvalue weighted by atomic mass is 16.1. The normalized spacial score (nSPS) is 35.0. The van der Waals surface area contributed by atoms with E-state index in [0.29, 0.717) is 12.5 Å². The molecule has 3 aliphatic rings. The van der Waals surface area contributed by atoms with Crippen LogP contribution in [0.4, 0.5) is 5.69 Å². The van der Waals surface area contributed by atoms with E-state index in [1.165, 1.54) is 11.3 Å². The van der Waals surface area contributed by atoms with E-state index in [-0.39, 0.29) is 17.2 Å². The third kappa shape index (κ3) is 1.38. The molecule has 3 atom stereocenters. The molecule has 1 aliphatic carbocycles. The van der Waals surface area contributed by atoms with Crippen LogP contribution < -0.4 is 5.32 Å². The molecule has 0 fully saturated rings. The molecular formula is C16H16N2O. The van der Waals surface area contributed by atoms with Crippen LogP contribution in [-0.2, 0) is 4.79 Å². The van der Waals surface area contributed by atoms with Crippen molar-refractivity contribution in [3.8, 4) is 0 Å². The number of fused-ring (bicyclic) bond motifs is 2. The Balaban J connectivity index is 1.95. The molecule has 1 N–H and O–H groups in total. The van der Waals surface area contributed by atoms with Crippen molar-refractivity contribution in [2.75, 3.05) is 5.32 Å². The number of rotatable bonds is 0. The van der Waals surface area contributed by atoms with E-state index in [2.05, 4.69) is 36.5 Å². The van der Waals surface area contributed by atoms with E-state index in [0.717, 1.165) is 12.1 Å². The maximum atomic E-state index is 11.7. The van der Waals surface area contributed by atoms with Gasteiger partial charge in [0.05, 0.1) is 11.1 Å². The summed E-state index contributed by atoms with van der Waals surface area (Å²) in [6, 6.07) is 8.76. The Bertz CT molecular complexity index is 631. The number of carbonyl (C=O) groups is 1. The Morgan fingerprint density at radius 2 is 2.21 bits per heavy atom. The first-order valence-electron chi connectivity index (χ1n) is 6.85. The van der Waals surface area contributed by atoms with Gasteiger partial charge in [0, 0.05) is 29.8 Å². The van der Waals surface area contributed by atoms with Crippen molar-refractivity contribution >= 4 is 17.2 Å². The zero-order valence-corrected chi connectivity index (χ0v) is 10.9. The van der Waals surface area contributed by atoms with Crippen LogP contribution in [0, 0.1) is 5.41 Å². The summed E-state index contributed by atoms with van der Waals surface area (Å²) in [5.41, 5.74) is 3.39. The molecular weight excluding hydrogens is 236 g/mol. The molecule has 0 saturated carbocycles. The number of aliphatic imine (C=N–C) groups is 1. The van der Waals surface area contributed by atoms with Gasteiger partial charge in [0.1, 0.15) is 0 Å². The molecule has 19 heavy (non-hydrogen) atoms. The minimum Gasteiger partial charge on any atom is -0.380 e. The predicted octanol–water partition coefficient (Wildman–Crippen LogP) is 2.58. The lowest BCUT2D eigenvalue weighted by atomic mass is 9.65. The number of nitrogens with zero attached hydrogens (tertiary/aromatic N) is 1. The summed E-state index contributed by atoms with van der Waals surface area (Å²) < 4.78 is 0. The van der Waals surface area contributed by atoms with Crippen molar-refractivity contribution in [1.29, 1.82) is 0 Å². The highest BCUT2D eigenvalue weighted by Crippen LogP contribution is 2.48. The number of ketones is 1. The third-order valence-electron chi connectivity index (χ3n) is 4.53. The largest absolute Gasteiger partial charge is 0.380 e. The van der Waals surface area contributed by atoms with E-state index in [1.54, 1.807) is 6.08 Å². The van der Waals surface area contributed by atoms with E-state index in [4.69, 9.17) is 4.99 Å². The van der Waals surface area contributed by atoms with Crippen LogP contribution in [0.1, 0.15) is 25.3 Å². The number of allylic oxidation sites excluding steroid dienone is 1. The van der Waals surface area contributed by atoms with E-state index < -0.39 is 0 Å². The molecule has 0 bridgehead atoms. The third-order valence-corrected chi connectivity index (χ3v) is 4.53. The first-order valence-corrected chi connectivity index (χ1v) is 6.85. The van der Waals surface area contributed by atoms with Crippen LogP contribution in [0.25, 0.3) is 0 Å². The van der Waals surface area contributed by atoms with Crippen LogP contribution in [-0.4, -0.2) is 23.6 Å². The number of hydrogen-bond acceptors (Lipinski definition) is 3. The van der Waals surface area contributed by atoms with Crippen molar-refractivity contribution in [2.24, 2.45) is 10.4 Å². The topological polar surface area (TPSA) is 41.5 Å². The second kappa shape index (κ2) is 3.56. The summed E-state index contributed by atoms with van der Waals surface area (Å²) in [7, 11) is 0. The SMILES string of the molecule is CC1CC23C=CC(=O)CC2Nc2ccccc2C3=N1. The Hall–Kier alpha value is -1.90. The number of nitrogens with one attached hydrogen (secondary N) is 1. The van der Waals surface area contributed by atoms with Crippen molar-refractivity contribution < 1.29 is 4.79 Å². The maximum absolute atomic E-state index is 11.7. The number of carbonyl (C=O) groups excluding carboxylic acids is 1. The van der Waals surface area contributed by atoms with Crippen molar-refractivity contribution in [1.82, 2.24) is 0 Å². The first-order chi connectivity index (χ1) is 9.19. The van der Waals surface area contributed by atoms with Gasteiger partial charge in [0.2, 0.25) is 0 Å². The molecule has 0 radical (unpaired) electrons. The summed E-state index contributed by atoms with van der Waals surface area (Å²) in [6.45, 7) is 2.16. The van der Waals surface area contributed by atoms with Crippen molar-refractivity contribution in [2.45, 2.75) is 31.8 Å². The first kappa shape index (κ1) is 11.0. The Morgan fingerprint density at radius 1 is 1.37 bits per heavy atom. The number of para-hydroxylation sites is 1. The number of hydrogen-bond donors (Lipinski definition) is 1. The highest BCUT2D eigenvalue weighted by molar-refractivity contribution is 6.14. The van der Waals surface area contributed by atoms with Gasteiger partial charge in [-0.25, -0.2) is 0 Å². The van der Waals surface area contributed by atoms with E-state index in [9.17, 15) is 4.79 Å². The van der Waals surface area contributed by atoms with Gasteiger partial charge in [-0.15, -0.1) is 0 Å². The molecule has 3 nitrogen and oxygen atoms in total. The van der Waals surface area contributed by atoms with Crippen LogP contribution in [0.5, 0.6) is 0 Å². The van der Waals surface area contributed by atoms with Gasteiger partial charge in [-0.05, 0) is 25.5 Å². The van der Waals surface area contributed by atoms with Crippen LogP contribution in [0.3, 0.4) is 0 Å². The van der Waals surface area contributed by atoms with Crippen LogP contribution in [0.15, 0.2) is 41.4 Å². The minimum atomic E-state index is -0.0817. The Morgan fingerprint density at radius 3 is 3.11 bits per heavy atom. The molecule has 3 heteroatoms. The second-order valence-electron chi connectivity index (χ2n) is 5.82. The van der Waals surface area contributed by atoms with E-state index >= 15 is 0 Å². The number of benzene rings is 1. The predicted molar refractivity (Wildman–Crippen MR) is 75.7 cm³/mol. The molecule has 0 saturated heterocycles. The van der Waals surface area contributed by atoms with Gasteiger partial charge in [-0.3, -0.25) is 9.79 Å². The lowest BCUT2D eigenvalue weighted by molar-refractivity contribution is -0.115. The quantitative estimate of drug-likeness (QED) is 0.771. The smallest absolute Gasteiger partial charge is 0.157 e. The average Bonchev–Trinajstić information content (AvgIpc) is 2.74. The molecule has 96 valence electrons. The Kier molecular flexibility index (Phi) is 2.06. The lowest BCUT2D eigenvalue weighted by Crippen LogP contribution is -2.50. The second-order valence-corrected chi connectivity index (χ2v) is 5.82. The summed E-state index contributed by atoms with van der Waals surface area (Å²) in [5.74, 6) is 0.210. The summed E-state index contributed by atoms with van der Waals surface area (Å²) in [6.07, 6.45) is 5.41. The van der Waals surface area contributed by atoms with Crippen LogP contribution in [0.2, 0.25) is 0 Å². The fourth-order valence-electron chi connectivity index (χ4n) is 3.74. The van der Waals surface area contributed by atoms with Crippen LogP contribution >= 0.6 is 0 Å². The van der Waals surface area contributed by atoms with Gasteiger partial charge < -0.3 is 5.32 Å². The molecule has 1 aromatic rings. The molecule has 0 amide bonds. The monoisotopic (exact) mass is 252 g/mol. The fourth-order valence-corrected chi connectivity index (χ4v) is 3.74. The maximum Gasteiger partial charge on any atom is 0.157 e. The molecule has 1 spiro atoms. The average molecular weight is 252 g/mol. The zero-order valence-electron chi connectivity index (χ0n) is 10.9. The van der Waals surface area contributed by atoms with Crippen molar-refractivity contribution in [3.63, 3.8) is 0 Å². The lowest BCUT2D eigenvalue weighted by Gasteiger charge is -2.43. The molecule has 0 aromatic heterocycles. The van der Waals surface area contributed by atoms with Gasteiger partial charge in [-0.1, -0.05) is 24.3 Å². The summed E-state index contributed by atoms with van der Waals surface area (Å²) in [4.78, 5) is 16.6. The van der Waals surface area contributed by atoms with Gasteiger partial charge in [-0.2, -0.15) is 0 Å². The van der Waals surface area contributed by atoms with Gasteiger partial charge >= 0.3 is 0 Å². The van der Waals surface area contributed by atoms with Gasteiger partial charge in [0.25, 0.3) is 0 Å². The Labute approximate surface area is 112 Å². The fraction of sp³-hybridized carbons (Fsp3) is 0.375. The highest BCUT2D eigenvalue weighted by Gasteiger charge is 2.51. The standard InChI is InChI=1S/C16H16N2O/c1-10-9-16-7-6-11(19)8-14(16)18-13-5-3-2-4-12(13)15(16)17-10/h2-7,10,14,18H,8-9H2,1H3. The molecule has 2 heterocycles. The summed E-state index contributed by atoms with van der Waals surface area (Å²) in [5, 5.41) is 3.56. The molecule has 4 rings (SSSR count). The van der Waals surface area contributed by atoms with E-state index in [1.807, 2.05) is 6.07 Å². The van der Waals surface area contributed by atoms with Crippen molar-refractivity contribution in [3.05, 3.63) is 42.0 Å². The molecule has 3 unspecified atom stereocenters.